The summed E-state index contributed by atoms with van der Waals surface area (Å²) in [6, 6.07) is 0.238. The molecule has 2 atom stereocenters. The van der Waals surface area contributed by atoms with E-state index in [0.717, 1.165) is 38.4 Å². The van der Waals surface area contributed by atoms with Crippen LogP contribution in [0.2, 0.25) is 0 Å². The molecular formula is C16H32N4O. The predicted octanol–water partition coefficient (Wildman–Crippen LogP) is 2.66. The summed E-state index contributed by atoms with van der Waals surface area (Å²) in [5, 5.41) is 7.93. The number of ether oxygens (including phenoxy) is 1. The first-order chi connectivity index (χ1) is 9.96. The third-order valence-electron chi connectivity index (χ3n) is 3.98. The fourth-order valence-corrected chi connectivity index (χ4v) is 2.66. The van der Waals surface area contributed by atoms with Crippen molar-refractivity contribution in [3.05, 3.63) is 12.2 Å². The Hall–Kier alpha value is -0.940. The molecule has 0 aliphatic rings. The van der Waals surface area contributed by atoms with Crippen LogP contribution in [-0.4, -0.2) is 39.6 Å². The van der Waals surface area contributed by atoms with Gasteiger partial charge >= 0.3 is 0 Å². The molecule has 0 bridgehead atoms. The maximum atomic E-state index is 6.04. The molecule has 1 rings (SSSR count). The molecule has 5 heteroatoms. The van der Waals surface area contributed by atoms with Crippen LogP contribution in [0.15, 0.2) is 6.33 Å². The van der Waals surface area contributed by atoms with Crippen LogP contribution < -0.4 is 5.32 Å². The minimum absolute atomic E-state index is 0.181. The van der Waals surface area contributed by atoms with Crippen molar-refractivity contribution in [2.45, 2.75) is 72.6 Å². The lowest BCUT2D eigenvalue weighted by atomic mass is 9.90. The highest BCUT2D eigenvalue weighted by Crippen LogP contribution is 2.23. The van der Waals surface area contributed by atoms with Crippen LogP contribution in [0.25, 0.3) is 0 Å². The first-order valence-corrected chi connectivity index (χ1v) is 8.20. The van der Waals surface area contributed by atoms with Gasteiger partial charge in [-0.1, -0.05) is 27.7 Å². The third kappa shape index (κ3) is 5.08. The molecule has 1 heterocycles. The maximum absolute atomic E-state index is 6.04. The van der Waals surface area contributed by atoms with E-state index < -0.39 is 0 Å². The summed E-state index contributed by atoms with van der Waals surface area (Å²) in [4.78, 5) is 4.46. The van der Waals surface area contributed by atoms with E-state index >= 15 is 0 Å². The standard InChI is InChI=1S/C16H32N4O/c1-7-16(6,21-9-3)14(17-8-2)10-15-18-12-19-20(15)11-13(4)5/h12-14,17H,7-11H2,1-6H3. The molecule has 2 unspecified atom stereocenters. The van der Waals surface area contributed by atoms with Gasteiger partial charge in [0.2, 0.25) is 0 Å². The first-order valence-electron chi connectivity index (χ1n) is 8.20. The van der Waals surface area contributed by atoms with Crippen LogP contribution in [0.5, 0.6) is 0 Å². The summed E-state index contributed by atoms with van der Waals surface area (Å²) in [7, 11) is 0. The molecule has 1 aromatic rings. The van der Waals surface area contributed by atoms with Crippen molar-refractivity contribution in [3.63, 3.8) is 0 Å². The van der Waals surface area contributed by atoms with Crippen LogP contribution in [-0.2, 0) is 17.7 Å². The van der Waals surface area contributed by atoms with E-state index in [2.05, 4.69) is 56.9 Å². The molecule has 0 radical (unpaired) electrons. The smallest absolute Gasteiger partial charge is 0.138 e. The number of nitrogens with zero attached hydrogens (tertiary/aromatic N) is 3. The minimum atomic E-state index is -0.181. The highest BCUT2D eigenvalue weighted by Gasteiger charge is 2.33. The predicted molar refractivity (Wildman–Crippen MR) is 86.4 cm³/mol. The van der Waals surface area contributed by atoms with Crippen molar-refractivity contribution in [1.29, 1.82) is 0 Å². The molecule has 122 valence electrons. The van der Waals surface area contributed by atoms with E-state index in [1.807, 2.05) is 4.68 Å². The Labute approximate surface area is 129 Å². The van der Waals surface area contributed by atoms with E-state index in [4.69, 9.17) is 4.74 Å². The van der Waals surface area contributed by atoms with E-state index in [1.54, 1.807) is 6.33 Å². The normalized spacial score (nSPS) is 16.1. The lowest BCUT2D eigenvalue weighted by Crippen LogP contribution is -2.52. The van der Waals surface area contributed by atoms with E-state index in [0.29, 0.717) is 5.92 Å². The van der Waals surface area contributed by atoms with Gasteiger partial charge in [-0.15, -0.1) is 0 Å². The molecular weight excluding hydrogens is 264 g/mol. The van der Waals surface area contributed by atoms with E-state index in [9.17, 15) is 0 Å². The Bertz CT molecular complexity index is 405. The van der Waals surface area contributed by atoms with Gasteiger partial charge in [0.15, 0.2) is 0 Å². The Kier molecular flexibility index (Phi) is 7.32. The zero-order valence-electron chi connectivity index (χ0n) is 14.5. The average molecular weight is 296 g/mol. The van der Waals surface area contributed by atoms with Gasteiger partial charge < -0.3 is 10.1 Å². The molecule has 0 amide bonds. The van der Waals surface area contributed by atoms with Crippen LogP contribution >= 0.6 is 0 Å². The second-order valence-corrected chi connectivity index (χ2v) is 6.17. The number of hydrogen-bond donors (Lipinski definition) is 1. The number of aromatic nitrogens is 3. The molecule has 5 nitrogen and oxygen atoms in total. The van der Waals surface area contributed by atoms with Gasteiger partial charge in [0, 0.05) is 25.6 Å². The van der Waals surface area contributed by atoms with Crippen LogP contribution in [0.4, 0.5) is 0 Å². The molecule has 21 heavy (non-hydrogen) atoms. The number of rotatable bonds is 10. The number of nitrogens with one attached hydrogen (secondary N) is 1. The lowest BCUT2D eigenvalue weighted by molar-refractivity contribution is -0.0552. The molecule has 0 aliphatic heterocycles. The van der Waals surface area contributed by atoms with Gasteiger partial charge in [-0.25, -0.2) is 9.67 Å². The Balaban J connectivity index is 2.90. The number of likely N-dealkylation sites (N-methyl/N-ethyl adjacent to an activating group) is 1. The van der Waals surface area contributed by atoms with Crippen molar-refractivity contribution < 1.29 is 4.74 Å². The zero-order chi connectivity index (χ0) is 15.9. The molecule has 0 spiro atoms. The van der Waals surface area contributed by atoms with Crippen LogP contribution in [0.3, 0.4) is 0 Å². The largest absolute Gasteiger partial charge is 0.374 e. The van der Waals surface area contributed by atoms with Crippen molar-refractivity contribution in [2.24, 2.45) is 5.92 Å². The summed E-state index contributed by atoms with van der Waals surface area (Å²) in [6.45, 7) is 15.5. The van der Waals surface area contributed by atoms with Gasteiger partial charge in [0.1, 0.15) is 12.2 Å². The van der Waals surface area contributed by atoms with Crippen molar-refractivity contribution in [3.8, 4) is 0 Å². The highest BCUT2D eigenvalue weighted by molar-refractivity contribution is 4.98. The summed E-state index contributed by atoms with van der Waals surface area (Å²) in [5.74, 6) is 1.60. The quantitative estimate of drug-likeness (QED) is 0.721. The Morgan fingerprint density at radius 1 is 1.33 bits per heavy atom. The van der Waals surface area contributed by atoms with Gasteiger partial charge in [-0.2, -0.15) is 5.10 Å². The fraction of sp³-hybridized carbons (Fsp3) is 0.875. The number of hydrogen-bond acceptors (Lipinski definition) is 4. The Morgan fingerprint density at radius 3 is 2.57 bits per heavy atom. The molecule has 0 fully saturated rings. The van der Waals surface area contributed by atoms with E-state index in [1.165, 1.54) is 0 Å². The molecule has 1 N–H and O–H groups in total. The lowest BCUT2D eigenvalue weighted by Gasteiger charge is -2.37. The van der Waals surface area contributed by atoms with Crippen LogP contribution in [0, 0.1) is 5.92 Å². The van der Waals surface area contributed by atoms with Crippen LogP contribution in [0.1, 0.15) is 53.8 Å². The topological polar surface area (TPSA) is 52.0 Å². The third-order valence-corrected chi connectivity index (χ3v) is 3.98. The first kappa shape index (κ1) is 18.1. The average Bonchev–Trinajstić information content (AvgIpc) is 2.85. The SMILES string of the molecule is CCNC(Cc1ncnn1CC(C)C)C(C)(CC)OCC. The van der Waals surface area contributed by atoms with Gasteiger partial charge in [0.25, 0.3) is 0 Å². The van der Waals surface area contributed by atoms with Crippen molar-refractivity contribution in [2.75, 3.05) is 13.2 Å². The summed E-state index contributed by atoms with van der Waals surface area (Å²) in [5.41, 5.74) is -0.181. The second kappa shape index (κ2) is 8.49. The minimum Gasteiger partial charge on any atom is -0.374 e. The molecule has 0 aliphatic carbocycles. The van der Waals surface area contributed by atoms with Crippen molar-refractivity contribution >= 4 is 0 Å². The molecule has 1 aromatic heterocycles. The molecule has 0 saturated carbocycles. The monoisotopic (exact) mass is 296 g/mol. The fourth-order valence-electron chi connectivity index (χ4n) is 2.66. The summed E-state index contributed by atoms with van der Waals surface area (Å²) < 4.78 is 8.07. The summed E-state index contributed by atoms with van der Waals surface area (Å²) >= 11 is 0. The maximum Gasteiger partial charge on any atom is 0.138 e. The van der Waals surface area contributed by atoms with Gasteiger partial charge in [-0.05, 0) is 32.7 Å². The van der Waals surface area contributed by atoms with Gasteiger partial charge in [0.05, 0.1) is 5.60 Å². The summed E-state index contributed by atoms with van der Waals surface area (Å²) in [6.07, 6.45) is 3.46. The van der Waals surface area contributed by atoms with E-state index in [-0.39, 0.29) is 11.6 Å². The second-order valence-electron chi connectivity index (χ2n) is 6.17. The zero-order valence-corrected chi connectivity index (χ0v) is 14.5. The highest BCUT2D eigenvalue weighted by atomic mass is 16.5. The molecule has 0 aromatic carbocycles. The van der Waals surface area contributed by atoms with Crippen molar-refractivity contribution in [1.82, 2.24) is 20.1 Å². The Morgan fingerprint density at radius 2 is 2.05 bits per heavy atom. The molecule has 0 saturated heterocycles. The van der Waals surface area contributed by atoms with Gasteiger partial charge in [-0.3, -0.25) is 0 Å².